The molecule has 3 aromatic carbocycles. The van der Waals surface area contributed by atoms with Crippen LogP contribution in [0.1, 0.15) is 28.4 Å². The first-order chi connectivity index (χ1) is 17.6. The van der Waals surface area contributed by atoms with Crippen LogP contribution >= 0.6 is 46.4 Å². The molecule has 1 atom stereocenters. The third kappa shape index (κ3) is 5.96. The maximum Gasteiger partial charge on any atom is 0.255 e. The van der Waals surface area contributed by atoms with Crippen molar-refractivity contribution in [1.82, 2.24) is 10.6 Å². The van der Waals surface area contributed by atoms with Crippen LogP contribution in [-0.4, -0.2) is 30.8 Å². The second-order valence-corrected chi connectivity index (χ2v) is 10.2. The van der Waals surface area contributed by atoms with E-state index in [0.29, 0.717) is 21.3 Å². The molecule has 7 nitrogen and oxygen atoms in total. The number of nitrogens with one attached hydrogen (secondary N) is 4. The van der Waals surface area contributed by atoms with Gasteiger partial charge in [-0.3, -0.25) is 14.4 Å². The number of carbonyl (C=O) groups is 3. The van der Waals surface area contributed by atoms with E-state index in [0.717, 1.165) is 5.56 Å². The third-order valence-electron chi connectivity index (χ3n) is 5.85. The Morgan fingerprint density at radius 3 is 2.35 bits per heavy atom. The normalized spacial score (nSPS) is 16.1. The van der Waals surface area contributed by atoms with E-state index in [1.165, 1.54) is 19.1 Å². The fourth-order valence-electron chi connectivity index (χ4n) is 4.28. The molecule has 0 saturated carbocycles. The molecule has 1 unspecified atom stereocenters. The van der Waals surface area contributed by atoms with E-state index in [-0.39, 0.29) is 52.6 Å². The van der Waals surface area contributed by atoms with Crippen LogP contribution in [0.3, 0.4) is 0 Å². The minimum absolute atomic E-state index is 0.0969. The van der Waals surface area contributed by atoms with Gasteiger partial charge in [-0.25, -0.2) is 0 Å². The van der Waals surface area contributed by atoms with E-state index in [9.17, 15) is 14.4 Å². The van der Waals surface area contributed by atoms with Gasteiger partial charge in [0, 0.05) is 52.8 Å². The Morgan fingerprint density at radius 2 is 1.62 bits per heavy atom. The van der Waals surface area contributed by atoms with Gasteiger partial charge in [-0.2, -0.15) is 0 Å². The zero-order valence-corrected chi connectivity index (χ0v) is 22.6. The fraction of sp³-hybridized carbons (Fsp3) is 0.192. The Balaban J connectivity index is 1.78. The van der Waals surface area contributed by atoms with E-state index >= 15 is 0 Å². The van der Waals surface area contributed by atoms with Gasteiger partial charge in [0.1, 0.15) is 5.54 Å². The fourth-order valence-corrected chi connectivity index (χ4v) is 5.24. The molecular formula is C26H22Cl4N4O3. The highest BCUT2D eigenvalue weighted by molar-refractivity contribution is 6.38. The van der Waals surface area contributed by atoms with Crippen LogP contribution in [0.2, 0.25) is 20.1 Å². The van der Waals surface area contributed by atoms with Crippen LogP contribution in [0, 0.1) is 0 Å². The van der Waals surface area contributed by atoms with E-state index in [1.54, 1.807) is 36.4 Å². The molecule has 37 heavy (non-hydrogen) atoms. The smallest absolute Gasteiger partial charge is 0.255 e. The molecule has 4 N–H and O–H groups in total. The lowest BCUT2D eigenvalue weighted by molar-refractivity contribution is -0.120. The summed E-state index contributed by atoms with van der Waals surface area (Å²) in [7, 11) is 0. The molecule has 0 radical (unpaired) electrons. The van der Waals surface area contributed by atoms with Crippen molar-refractivity contribution in [3.05, 3.63) is 91.4 Å². The molecule has 11 heteroatoms. The summed E-state index contributed by atoms with van der Waals surface area (Å²) in [6, 6.07) is 15.3. The van der Waals surface area contributed by atoms with Crippen molar-refractivity contribution in [2.75, 3.05) is 23.7 Å². The number of benzene rings is 3. The van der Waals surface area contributed by atoms with Gasteiger partial charge in [0.2, 0.25) is 5.91 Å². The van der Waals surface area contributed by atoms with Gasteiger partial charge in [0.25, 0.3) is 11.8 Å². The summed E-state index contributed by atoms with van der Waals surface area (Å²) >= 11 is 25.2. The summed E-state index contributed by atoms with van der Waals surface area (Å²) in [5.74, 6) is -1.06. The van der Waals surface area contributed by atoms with E-state index in [1.807, 2.05) is 6.07 Å². The van der Waals surface area contributed by atoms with Crippen LogP contribution in [0.15, 0.2) is 54.6 Å². The Morgan fingerprint density at radius 1 is 0.892 bits per heavy atom. The van der Waals surface area contributed by atoms with Gasteiger partial charge in [-0.05, 0) is 42.0 Å². The molecule has 1 aliphatic rings. The predicted octanol–water partition coefficient (Wildman–Crippen LogP) is 5.67. The highest BCUT2D eigenvalue weighted by Gasteiger charge is 2.47. The maximum absolute atomic E-state index is 13.6. The van der Waals surface area contributed by atoms with Gasteiger partial charge >= 0.3 is 0 Å². The van der Waals surface area contributed by atoms with Crippen molar-refractivity contribution >= 4 is 75.5 Å². The number of halogens is 4. The third-order valence-corrected chi connectivity index (χ3v) is 6.84. The summed E-state index contributed by atoms with van der Waals surface area (Å²) < 4.78 is 0. The van der Waals surface area contributed by atoms with Crippen LogP contribution in [0.5, 0.6) is 0 Å². The van der Waals surface area contributed by atoms with Crippen molar-refractivity contribution in [1.29, 1.82) is 0 Å². The SMILES string of the molecule is CC(=O)NCCNC(=O)c1c(Cl)cc(Cl)cc1NC1(Cc2cccc(Cl)c2)C(=O)Nc2cc(Cl)ccc21. The number of amides is 3. The molecule has 192 valence electrons. The minimum Gasteiger partial charge on any atom is -0.367 e. The van der Waals surface area contributed by atoms with Crippen molar-refractivity contribution in [2.24, 2.45) is 0 Å². The lowest BCUT2D eigenvalue weighted by Gasteiger charge is -2.31. The first-order valence-electron chi connectivity index (χ1n) is 11.2. The number of anilines is 2. The zero-order chi connectivity index (χ0) is 26.7. The summed E-state index contributed by atoms with van der Waals surface area (Å²) in [6.07, 6.45) is 0.196. The molecule has 0 aromatic heterocycles. The molecule has 1 aliphatic heterocycles. The molecule has 0 fully saturated rings. The van der Waals surface area contributed by atoms with Gasteiger partial charge in [0.15, 0.2) is 0 Å². The Bertz CT molecular complexity index is 1400. The topological polar surface area (TPSA) is 99.3 Å². The number of hydrogen-bond donors (Lipinski definition) is 4. The Labute approximate surface area is 233 Å². The predicted molar refractivity (Wildman–Crippen MR) is 148 cm³/mol. The number of hydrogen-bond acceptors (Lipinski definition) is 4. The monoisotopic (exact) mass is 578 g/mol. The molecule has 1 heterocycles. The Hall–Kier alpha value is -2.97. The van der Waals surface area contributed by atoms with Crippen molar-refractivity contribution in [3.63, 3.8) is 0 Å². The van der Waals surface area contributed by atoms with E-state index in [4.69, 9.17) is 46.4 Å². The number of rotatable bonds is 8. The standard InChI is InChI=1S/C26H22Cl4N4O3/c1-14(35)31-7-8-32-24(36)23-20(30)10-18(29)12-22(23)34-26(13-15-3-2-4-16(27)9-15)19-6-5-17(28)11-21(19)33-25(26)37/h2-6,9-12,34H,7-8,13H2,1H3,(H,31,35)(H,32,36)(H,33,37). The molecule has 0 saturated heterocycles. The average molecular weight is 580 g/mol. The second kappa shape index (κ2) is 11.2. The van der Waals surface area contributed by atoms with Gasteiger partial charge in [-0.15, -0.1) is 0 Å². The van der Waals surface area contributed by atoms with E-state index in [2.05, 4.69) is 21.3 Å². The summed E-state index contributed by atoms with van der Waals surface area (Å²) in [6.45, 7) is 1.80. The summed E-state index contributed by atoms with van der Waals surface area (Å²) in [5, 5.41) is 12.9. The van der Waals surface area contributed by atoms with Crippen LogP contribution in [0.25, 0.3) is 0 Å². The van der Waals surface area contributed by atoms with Crippen LogP contribution in [-0.2, 0) is 21.5 Å². The largest absolute Gasteiger partial charge is 0.367 e. The molecule has 3 aromatic rings. The first kappa shape index (κ1) is 27.1. The number of fused-ring (bicyclic) bond motifs is 1. The molecule has 3 amide bonds. The summed E-state index contributed by atoms with van der Waals surface area (Å²) in [4.78, 5) is 37.9. The van der Waals surface area contributed by atoms with Crippen LogP contribution < -0.4 is 21.3 Å². The second-order valence-electron chi connectivity index (χ2n) is 8.53. The van der Waals surface area contributed by atoms with Gasteiger partial charge < -0.3 is 21.3 Å². The molecule has 4 rings (SSSR count). The molecule has 0 aliphatic carbocycles. The minimum atomic E-state index is -1.34. The molecule has 0 spiro atoms. The zero-order valence-electron chi connectivity index (χ0n) is 19.6. The quantitative estimate of drug-likeness (QED) is 0.258. The molecule has 0 bridgehead atoms. The lowest BCUT2D eigenvalue weighted by atomic mass is 9.84. The van der Waals surface area contributed by atoms with Crippen LogP contribution in [0.4, 0.5) is 11.4 Å². The Kier molecular flexibility index (Phi) is 8.19. The van der Waals surface area contributed by atoms with E-state index < -0.39 is 11.4 Å². The average Bonchev–Trinajstić information content (AvgIpc) is 3.06. The maximum atomic E-state index is 13.6. The number of carbonyl (C=O) groups excluding carboxylic acids is 3. The van der Waals surface area contributed by atoms with Gasteiger partial charge in [-0.1, -0.05) is 64.6 Å². The first-order valence-corrected chi connectivity index (χ1v) is 12.8. The van der Waals surface area contributed by atoms with Crippen molar-refractivity contribution in [2.45, 2.75) is 18.9 Å². The molecular weight excluding hydrogens is 558 g/mol. The van der Waals surface area contributed by atoms with Gasteiger partial charge in [0.05, 0.1) is 16.3 Å². The highest BCUT2D eigenvalue weighted by Crippen LogP contribution is 2.44. The highest BCUT2D eigenvalue weighted by atomic mass is 35.5. The lowest BCUT2D eigenvalue weighted by Crippen LogP contribution is -2.45. The van der Waals surface area contributed by atoms with Crippen molar-refractivity contribution in [3.8, 4) is 0 Å². The summed E-state index contributed by atoms with van der Waals surface area (Å²) in [5.41, 5.74) is 0.983. The van der Waals surface area contributed by atoms with Crippen molar-refractivity contribution < 1.29 is 14.4 Å².